The van der Waals surface area contributed by atoms with E-state index in [-0.39, 0.29) is 6.61 Å². The highest BCUT2D eigenvalue weighted by atomic mass is 16.5. The standard InChI is InChI=1S/C13H16N2O2/c1-9-11(7-8-16)15-13(14-9)10-5-3-4-6-12(10)17-2/h3-6,16H,7-8H2,1-2H3,(H,14,15). The summed E-state index contributed by atoms with van der Waals surface area (Å²) in [4.78, 5) is 7.70. The summed E-state index contributed by atoms with van der Waals surface area (Å²) in [5.41, 5.74) is 2.82. The van der Waals surface area contributed by atoms with Crippen molar-refractivity contribution in [3.05, 3.63) is 35.7 Å². The maximum Gasteiger partial charge on any atom is 0.141 e. The number of methoxy groups -OCH3 is 1. The molecule has 0 radical (unpaired) electrons. The van der Waals surface area contributed by atoms with Gasteiger partial charge in [-0.3, -0.25) is 0 Å². The molecule has 1 heterocycles. The Morgan fingerprint density at radius 1 is 1.35 bits per heavy atom. The smallest absolute Gasteiger partial charge is 0.141 e. The summed E-state index contributed by atoms with van der Waals surface area (Å²) in [6.07, 6.45) is 0.567. The zero-order chi connectivity index (χ0) is 12.3. The fourth-order valence-corrected chi connectivity index (χ4v) is 1.81. The van der Waals surface area contributed by atoms with Gasteiger partial charge in [0, 0.05) is 18.7 Å². The highest BCUT2D eigenvalue weighted by Gasteiger charge is 2.11. The van der Waals surface area contributed by atoms with Crippen LogP contribution in [0.3, 0.4) is 0 Å². The van der Waals surface area contributed by atoms with Crippen molar-refractivity contribution < 1.29 is 9.84 Å². The minimum Gasteiger partial charge on any atom is -0.496 e. The molecule has 0 aliphatic rings. The number of aliphatic hydroxyl groups is 1. The van der Waals surface area contributed by atoms with Crippen LogP contribution >= 0.6 is 0 Å². The quantitative estimate of drug-likeness (QED) is 0.846. The number of aromatic amines is 1. The van der Waals surface area contributed by atoms with Crippen molar-refractivity contribution >= 4 is 0 Å². The third-order valence-electron chi connectivity index (χ3n) is 2.70. The predicted molar refractivity (Wildman–Crippen MR) is 66.1 cm³/mol. The first kappa shape index (κ1) is 11.7. The lowest BCUT2D eigenvalue weighted by molar-refractivity contribution is 0.298. The molecule has 0 atom stereocenters. The number of aryl methyl sites for hydroxylation is 1. The first-order chi connectivity index (χ1) is 8.26. The van der Waals surface area contributed by atoms with E-state index in [2.05, 4.69) is 9.97 Å². The van der Waals surface area contributed by atoms with Crippen LogP contribution in [0.2, 0.25) is 0 Å². The zero-order valence-electron chi connectivity index (χ0n) is 10.0. The maximum atomic E-state index is 8.95. The van der Waals surface area contributed by atoms with Gasteiger partial charge in [-0.2, -0.15) is 0 Å². The minimum atomic E-state index is 0.108. The highest BCUT2D eigenvalue weighted by Crippen LogP contribution is 2.27. The van der Waals surface area contributed by atoms with E-state index in [1.54, 1.807) is 7.11 Å². The molecule has 1 aromatic heterocycles. The van der Waals surface area contributed by atoms with E-state index in [1.165, 1.54) is 0 Å². The molecule has 0 aliphatic heterocycles. The molecule has 0 saturated heterocycles. The van der Waals surface area contributed by atoms with E-state index in [1.807, 2.05) is 31.2 Å². The number of aromatic nitrogens is 2. The Bertz CT molecular complexity index is 506. The molecule has 4 heteroatoms. The molecule has 0 bridgehead atoms. The monoisotopic (exact) mass is 232 g/mol. The van der Waals surface area contributed by atoms with E-state index >= 15 is 0 Å². The normalized spacial score (nSPS) is 10.5. The van der Waals surface area contributed by atoms with Crippen LogP contribution in [0.25, 0.3) is 11.4 Å². The van der Waals surface area contributed by atoms with E-state index in [9.17, 15) is 0 Å². The van der Waals surface area contributed by atoms with Crippen LogP contribution < -0.4 is 4.74 Å². The second-order valence-electron chi connectivity index (χ2n) is 3.83. The second-order valence-corrected chi connectivity index (χ2v) is 3.83. The highest BCUT2D eigenvalue weighted by molar-refractivity contribution is 5.64. The molecular formula is C13H16N2O2. The molecule has 0 amide bonds. The number of nitrogens with one attached hydrogen (secondary N) is 1. The number of hydrogen-bond acceptors (Lipinski definition) is 3. The number of nitrogens with zero attached hydrogens (tertiary/aromatic N) is 1. The van der Waals surface area contributed by atoms with Crippen molar-refractivity contribution in [2.45, 2.75) is 13.3 Å². The van der Waals surface area contributed by atoms with Crippen LogP contribution in [0.5, 0.6) is 5.75 Å². The summed E-state index contributed by atoms with van der Waals surface area (Å²) >= 11 is 0. The Morgan fingerprint density at radius 3 is 2.82 bits per heavy atom. The molecule has 0 unspecified atom stereocenters. The van der Waals surface area contributed by atoms with Crippen molar-refractivity contribution in [1.82, 2.24) is 9.97 Å². The average molecular weight is 232 g/mol. The minimum absolute atomic E-state index is 0.108. The van der Waals surface area contributed by atoms with Crippen LogP contribution in [0.15, 0.2) is 24.3 Å². The largest absolute Gasteiger partial charge is 0.496 e. The molecule has 0 aliphatic carbocycles. The van der Waals surface area contributed by atoms with Crippen molar-refractivity contribution in [2.75, 3.05) is 13.7 Å². The number of H-pyrrole nitrogens is 1. The van der Waals surface area contributed by atoms with Crippen LogP contribution in [0, 0.1) is 6.92 Å². The SMILES string of the molecule is COc1ccccc1-c1nc(CCO)c(C)[nH]1. The van der Waals surface area contributed by atoms with E-state index in [0.29, 0.717) is 6.42 Å². The fraction of sp³-hybridized carbons (Fsp3) is 0.308. The molecule has 2 N–H and O–H groups in total. The molecule has 90 valence electrons. The van der Waals surface area contributed by atoms with Crippen LogP contribution in [0.1, 0.15) is 11.4 Å². The first-order valence-electron chi connectivity index (χ1n) is 5.56. The van der Waals surface area contributed by atoms with Gasteiger partial charge in [0.1, 0.15) is 11.6 Å². The lowest BCUT2D eigenvalue weighted by Gasteiger charge is -2.04. The Kier molecular flexibility index (Phi) is 3.44. The van der Waals surface area contributed by atoms with Gasteiger partial charge in [-0.05, 0) is 19.1 Å². The number of hydrogen-bond donors (Lipinski definition) is 2. The summed E-state index contributed by atoms with van der Waals surface area (Å²) < 4.78 is 5.30. The van der Waals surface area contributed by atoms with Gasteiger partial charge >= 0.3 is 0 Å². The summed E-state index contributed by atoms with van der Waals surface area (Å²) in [6.45, 7) is 2.06. The number of benzene rings is 1. The van der Waals surface area contributed by atoms with E-state index in [4.69, 9.17) is 9.84 Å². The van der Waals surface area contributed by atoms with Crippen LogP contribution in [-0.4, -0.2) is 28.8 Å². The number of ether oxygens (including phenoxy) is 1. The molecule has 0 fully saturated rings. The Hall–Kier alpha value is -1.81. The van der Waals surface area contributed by atoms with Gasteiger partial charge in [0.15, 0.2) is 0 Å². The number of aliphatic hydroxyl groups excluding tert-OH is 1. The summed E-state index contributed by atoms with van der Waals surface area (Å²) in [6, 6.07) is 7.73. The van der Waals surface area contributed by atoms with Crippen molar-refractivity contribution in [1.29, 1.82) is 0 Å². The van der Waals surface area contributed by atoms with Gasteiger partial charge in [0.25, 0.3) is 0 Å². The Balaban J connectivity index is 2.42. The van der Waals surface area contributed by atoms with Gasteiger partial charge in [-0.15, -0.1) is 0 Å². The van der Waals surface area contributed by atoms with Gasteiger partial charge in [0.2, 0.25) is 0 Å². The summed E-state index contributed by atoms with van der Waals surface area (Å²) in [7, 11) is 1.64. The van der Waals surface area contributed by atoms with Crippen molar-refractivity contribution in [3.8, 4) is 17.1 Å². The topological polar surface area (TPSA) is 58.1 Å². The van der Waals surface area contributed by atoms with Gasteiger partial charge in [0.05, 0.1) is 18.4 Å². The molecular weight excluding hydrogens is 216 g/mol. The van der Waals surface area contributed by atoms with Crippen LogP contribution in [0.4, 0.5) is 0 Å². The molecule has 4 nitrogen and oxygen atoms in total. The lowest BCUT2D eigenvalue weighted by Crippen LogP contribution is -1.93. The second kappa shape index (κ2) is 5.01. The van der Waals surface area contributed by atoms with Crippen molar-refractivity contribution in [2.24, 2.45) is 0 Å². The maximum absolute atomic E-state index is 8.95. The third-order valence-corrected chi connectivity index (χ3v) is 2.70. The molecule has 2 rings (SSSR count). The number of imidazole rings is 1. The summed E-state index contributed by atoms with van der Waals surface area (Å²) in [5, 5.41) is 8.95. The molecule has 0 saturated carbocycles. The molecule has 0 spiro atoms. The van der Waals surface area contributed by atoms with Gasteiger partial charge < -0.3 is 14.8 Å². The van der Waals surface area contributed by atoms with Gasteiger partial charge in [-0.1, -0.05) is 12.1 Å². The van der Waals surface area contributed by atoms with E-state index < -0.39 is 0 Å². The van der Waals surface area contributed by atoms with Gasteiger partial charge in [-0.25, -0.2) is 4.98 Å². The zero-order valence-corrected chi connectivity index (χ0v) is 10.0. The third kappa shape index (κ3) is 2.31. The molecule has 2 aromatic rings. The van der Waals surface area contributed by atoms with Crippen molar-refractivity contribution in [3.63, 3.8) is 0 Å². The fourth-order valence-electron chi connectivity index (χ4n) is 1.81. The molecule has 17 heavy (non-hydrogen) atoms. The summed E-state index contributed by atoms with van der Waals surface area (Å²) in [5.74, 6) is 1.57. The Morgan fingerprint density at radius 2 is 2.12 bits per heavy atom. The average Bonchev–Trinajstić information content (AvgIpc) is 2.71. The lowest BCUT2D eigenvalue weighted by atomic mass is 10.2. The van der Waals surface area contributed by atoms with E-state index in [0.717, 1.165) is 28.5 Å². The Labute approximate surface area is 100 Å². The number of rotatable bonds is 4. The van der Waals surface area contributed by atoms with Crippen LogP contribution in [-0.2, 0) is 6.42 Å². The molecule has 1 aromatic carbocycles. The first-order valence-corrected chi connectivity index (χ1v) is 5.56. The number of para-hydroxylation sites is 1. The predicted octanol–water partition coefficient (Wildman–Crippen LogP) is 1.93.